The number of aromatic nitrogens is 8. The van der Waals surface area contributed by atoms with Crippen molar-refractivity contribution >= 4 is 73.3 Å². The van der Waals surface area contributed by atoms with E-state index in [0.717, 1.165) is 130 Å². The van der Waals surface area contributed by atoms with Gasteiger partial charge < -0.3 is 26.4 Å². The smallest absolute Gasteiger partial charge is 0.423 e. The maximum atomic E-state index is 8.90. The van der Waals surface area contributed by atoms with Crippen molar-refractivity contribution in [2.24, 2.45) is 5.73 Å². The number of para-hydroxylation sites is 4. The van der Waals surface area contributed by atoms with Crippen molar-refractivity contribution in [2.45, 2.75) is 56.4 Å². The Morgan fingerprint density at radius 2 is 1.04 bits per heavy atom. The first-order valence-corrected chi connectivity index (χ1v) is 28.5. The van der Waals surface area contributed by atoms with Crippen LogP contribution in [-0.4, -0.2) is 56.2 Å². The maximum absolute atomic E-state index is 8.90. The van der Waals surface area contributed by atoms with Crippen molar-refractivity contribution in [3.8, 4) is 67.9 Å². The van der Waals surface area contributed by atoms with E-state index in [1.54, 1.807) is 6.07 Å². The third-order valence-electron chi connectivity index (χ3n) is 16.7. The number of nitrogens with zero attached hydrogens (tertiary/aromatic N) is 8. The highest BCUT2D eigenvalue weighted by Gasteiger charge is 2.36. The standard InChI is InChI=1S/C33H26N6.C25H21BrN4.C9H8BNO2/c34-33(16-6-17-33)24-14-12-21(13-15-24)30-29(23-19-22-7-1-3-9-26(22)36-20-23)38-32-25-8-2-4-10-27(25)37-31-28(39(30)32)11-5-18-35-31;1-25(13-5-14-25)17-11-9-16(10-12-17)21-22(26)29-24-18-6-2-3-7-19(18)28-23-20(30(21)24)8-4-15-27-23;12-10(13)8-5-7-3-1-2-4-9(7)11-6-8/h1-5,7-15,18-20H,6,16-17,34H2,(H,35,37);2-4,6-12,15H,5,13-14H2,1H3,(H,27,28);1-6,12-13H. The molecule has 12 aromatic rings. The van der Waals surface area contributed by atoms with Crippen molar-refractivity contribution in [1.29, 1.82) is 0 Å². The van der Waals surface area contributed by atoms with E-state index in [0.29, 0.717) is 10.9 Å². The quantitative estimate of drug-likeness (QED) is 0.100. The minimum atomic E-state index is -1.45. The fraction of sp³-hybridized carbons (Fsp3) is 0.134. The lowest BCUT2D eigenvalue weighted by Gasteiger charge is -2.39. The number of nitrogens with one attached hydrogen (secondary N) is 2. The molecule has 2 saturated carbocycles. The third-order valence-corrected chi connectivity index (χ3v) is 17.2. The summed E-state index contributed by atoms with van der Waals surface area (Å²) < 4.78 is 5.29. The first-order valence-electron chi connectivity index (χ1n) is 27.7. The van der Waals surface area contributed by atoms with Gasteiger partial charge in [0.15, 0.2) is 11.6 Å². The van der Waals surface area contributed by atoms with Crippen LogP contribution in [0.25, 0.3) is 89.7 Å². The molecule has 0 radical (unpaired) electrons. The SMILES string of the molecule is CC1(c2ccc(-c3c(Br)nc4n3-c3cccnc3Nc3ccccc3-4)cc2)CCC1.NC1(c2ccc(-c3c(-c4cnc5ccccc5c4)nc4n3-c3cccnc3Nc3ccccc3-4)cc2)CCC1.OB(O)c1cnc2ccccc2c1. The number of pyridine rings is 4. The maximum Gasteiger partial charge on any atom is 0.490 e. The molecule has 2 aliphatic heterocycles. The molecule has 4 aliphatic rings. The lowest BCUT2D eigenvalue weighted by Crippen LogP contribution is -2.43. The minimum absolute atomic E-state index is 0.211. The summed E-state index contributed by atoms with van der Waals surface area (Å²) in [7, 11) is -1.45. The van der Waals surface area contributed by atoms with Crippen LogP contribution in [0.4, 0.5) is 23.0 Å². The van der Waals surface area contributed by atoms with E-state index in [1.165, 1.54) is 43.0 Å². The molecule has 0 amide bonds. The number of halogens is 1. The predicted molar refractivity (Wildman–Crippen MR) is 332 cm³/mol. The number of benzene rings is 6. The minimum Gasteiger partial charge on any atom is -0.423 e. The Morgan fingerprint density at radius 1 is 0.524 bits per heavy atom. The zero-order valence-corrected chi connectivity index (χ0v) is 46.5. The second kappa shape index (κ2) is 20.8. The zero-order chi connectivity index (χ0) is 55.5. The third kappa shape index (κ3) is 9.12. The Kier molecular flexibility index (Phi) is 12.9. The monoisotopic (exact) mass is 1140 g/mol. The van der Waals surface area contributed by atoms with Crippen LogP contribution in [-0.2, 0) is 11.0 Å². The van der Waals surface area contributed by atoms with Gasteiger partial charge in [0, 0.05) is 69.0 Å². The highest BCUT2D eigenvalue weighted by molar-refractivity contribution is 9.10. The summed E-state index contributed by atoms with van der Waals surface area (Å²) >= 11 is 3.75. The van der Waals surface area contributed by atoms with E-state index in [4.69, 9.17) is 35.7 Å². The van der Waals surface area contributed by atoms with Crippen molar-refractivity contribution in [3.05, 3.63) is 223 Å². The number of fused-ring (bicyclic) bond motifs is 12. The number of nitrogens with two attached hydrogens (primary N) is 1. The van der Waals surface area contributed by atoms with Crippen molar-refractivity contribution in [1.82, 2.24) is 39.0 Å². The Bertz CT molecular complexity index is 4400. The first-order chi connectivity index (χ1) is 40.1. The van der Waals surface area contributed by atoms with Gasteiger partial charge in [0.25, 0.3) is 0 Å². The fourth-order valence-electron chi connectivity index (χ4n) is 11.8. The van der Waals surface area contributed by atoms with E-state index in [9.17, 15) is 0 Å². The molecule has 400 valence electrons. The van der Waals surface area contributed by atoms with Gasteiger partial charge in [-0.15, -0.1) is 0 Å². The molecule has 0 atom stereocenters. The molecule has 6 aromatic carbocycles. The summed E-state index contributed by atoms with van der Waals surface area (Å²) in [6, 6.07) is 62.0. The van der Waals surface area contributed by atoms with Gasteiger partial charge in [-0.05, 0) is 137 Å². The van der Waals surface area contributed by atoms with Crippen LogP contribution in [0.2, 0.25) is 0 Å². The molecule has 13 nitrogen and oxygen atoms in total. The van der Waals surface area contributed by atoms with Gasteiger partial charge in [-0.3, -0.25) is 19.1 Å². The summed E-state index contributed by atoms with van der Waals surface area (Å²) in [5.74, 6) is 3.38. The van der Waals surface area contributed by atoms with Gasteiger partial charge in [0.1, 0.15) is 16.3 Å². The Hall–Kier alpha value is -9.12. The molecular formula is C67H55BBrN11O2. The van der Waals surface area contributed by atoms with Crippen LogP contribution in [0.15, 0.2) is 211 Å². The molecule has 16 rings (SSSR count). The zero-order valence-electron chi connectivity index (χ0n) is 44.9. The molecule has 6 N–H and O–H groups in total. The molecule has 8 heterocycles. The Morgan fingerprint density at radius 3 is 1.61 bits per heavy atom. The number of rotatable bonds is 6. The van der Waals surface area contributed by atoms with Gasteiger partial charge in [-0.1, -0.05) is 129 Å². The number of imidazole rings is 2. The molecule has 0 spiro atoms. The largest absolute Gasteiger partial charge is 0.490 e. The van der Waals surface area contributed by atoms with Gasteiger partial charge in [-0.25, -0.2) is 19.9 Å². The van der Waals surface area contributed by atoms with E-state index < -0.39 is 7.12 Å². The lowest BCUT2D eigenvalue weighted by atomic mass is 9.66. The second-order valence-corrected chi connectivity index (χ2v) is 22.5. The first kappa shape index (κ1) is 51.1. The summed E-state index contributed by atoms with van der Waals surface area (Å²) in [5.41, 5.74) is 23.8. The highest BCUT2D eigenvalue weighted by Crippen LogP contribution is 2.48. The predicted octanol–water partition coefficient (Wildman–Crippen LogP) is 14.0. The van der Waals surface area contributed by atoms with Crippen molar-refractivity contribution in [2.75, 3.05) is 10.6 Å². The van der Waals surface area contributed by atoms with Crippen LogP contribution >= 0.6 is 15.9 Å². The van der Waals surface area contributed by atoms with E-state index in [1.807, 2.05) is 97.5 Å². The normalized spacial score (nSPS) is 14.5. The van der Waals surface area contributed by atoms with Crippen molar-refractivity contribution < 1.29 is 10.0 Å². The second-order valence-electron chi connectivity index (χ2n) is 21.8. The summed E-state index contributed by atoms with van der Waals surface area (Å²) in [6.07, 6.45) is 14.2. The van der Waals surface area contributed by atoms with Gasteiger partial charge in [0.05, 0.1) is 50.9 Å². The molecule has 0 unspecified atom stereocenters. The average Bonchev–Trinajstić information content (AvgIpc) is 4.09. The topological polar surface area (TPSA) is 178 Å². The molecule has 6 aromatic heterocycles. The number of anilines is 4. The molecule has 82 heavy (non-hydrogen) atoms. The van der Waals surface area contributed by atoms with Crippen molar-refractivity contribution in [3.63, 3.8) is 0 Å². The van der Waals surface area contributed by atoms with E-state index in [-0.39, 0.29) is 5.54 Å². The molecular weight excluding hydrogens is 1080 g/mol. The molecule has 2 aliphatic carbocycles. The molecule has 2 fully saturated rings. The average molecular weight is 1140 g/mol. The summed E-state index contributed by atoms with van der Waals surface area (Å²) in [4.78, 5) is 28.5. The van der Waals surface area contributed by atoms with Crippen LogP contribution < -0.4 is 21.8 Å². The van der Waals surface area contributed by atoms with Gasteiger partial charge >= 0.3 is 7.12 Å². The molecule has 0 bridgehead atoms. The lowest BCUT2D eigenvalue weighted by molar-refractivity contribution is 0.253. The van der Waals surface area contributed by atoms with Crippen LogP contribution in [0.1, 0.15) is 56.6 Å². The van der Waals surface area contributed by atoms with Crippen LogP contribution in [0.5, 0.6) is 0 Å². The summed E-state index contributed by atoms with van der Waals surface area (Å²) in [6.45, 7) is 2.37. The van der Waals surface area contributed by atoms with Crippen LogP contribution in [0.3, 0.4) is 0 Å². The Balaban J connectivity index is 0.000000123. The molecule has 15 heteroatoms. The highest BCUT2D eigenvalue weighted by atomic mass is 79.9. The van der Waals surface area contributed by atoms with Gasteiger partial charge in [-0.2, -0.15) is 0 Å². The number of hydrogen-bond donors (Lipinski definition) is 5. The molecule has 0 saturated heterocycles. The number of hydrogen-bond acceptors (Lipinski definition) is 11. The van der Waals surface area contributed by atoms with Crippen LogP contribution in [0, 0.1) is 0 Å². The van der Waals surface area contributed by atoms with E-state index >= 15 is 0 Å². The fourth-order valence-corrected chi connectivity index (χ4v) is 12.4. The van der Waals surface area contributed by atoms with E-state index in [2.05, 4.69) is 150 Å². The van der Waals surface area contributed by atoms with Gasteiger partial charge in [0.2, 0.25) is 0 Å². The summed E-state index contributed by atoms with van der Waals surface area (Å²) in [5, 5.41) is 26.8. The Labute approximate surface area is 483 Å².